The van der Waals surface area contributed by atoms with Crippen molar-refractivity contribution < 1.29 is 14.3 Å². The van der Waals surface area contributed by atoms with E-state index < -0.39 is 5.97 Å². The molecule has 2 heterocycles. The average molecular weight is 458 g/mol. The molecule has 0 saturated carbocycles. The van der Waals surface area contributed by atoms with Gasteiger partial charge in [-0.2, -0.15) is 5.10 Å². The van der Waals surface area contributed by atoms with Crippen molar-refractivity contribution in [1.82, 2.24) is 14.7 Å². The van der Waals surface area contributed by atoms with Gasteiger partial charge in [0, 0.05) is 29.2 Å². The third-order valence-electron chi connectivity index (χ3n) is 5.15. The Balaban J connectivity index is 1.74. The van der Waals surface area contributed by atoms with E-state index in [1.54, 1.807) is 60.1 Å². The van der Waals surface area contributed by atoms with Gasteiger partial charge < -0.3 is 9.64 Å². The highest BCUT2D eigenvalue weighted by Crippen LogP contribution is 2.32. The Kier molecular flexibility index (Phi) is 6.30. The van der Waals surface area contributed by atoms with E-state index in [0.717, 1.165) is 25.9 Å². The van der Waals surface area contributed by atoms with Gasteiger partial charge in [-0.1, -0.05) is 23.2 Å². The smallest absolute Gasteiger partial charge is 0.358 e. The van der Waals surface area contributed by atoms with E-state index in [-0.39, 0.29) is 18.2 Å². The van der Waals surface area contributed by atoms with Crippen molar-refractivity contribution in [3.63, 3.8) is 0 Å². The average Bonchev–Trinajstić information content (AvgIpc) is 3.44. The maximum Gasteiger partial charge on any atom is 0.358 e. The summed E-state index contributed by atoms with van der Waals surface area (Å²) in [4.78, 5) is 26.8. The number of esters is 1. The summed E-state index contributed by atoms with van der Waals surface area (Å²) in [6.07, 6.45) is 2.08. The van der Waals surface area contributed by atoms with Crippen LogP contribution in [0.4, 0.5) is 0 Å². The summed E-state index contributed by atoms with van der Waals surface area (Å²) in [7, 11) is 0. The van der Waals surface area contributed by atoms with E-state index in [4.69, 9.17) is 27.9 Å². The summed E-state index contributed by atoms with van der Waals surface area (Å²) < 4.78 is 6.72. The third-order valence-corrected chi connectivity index (χ3v) is 5.70. The molecule has 0 atom stereocenters. The van der Waals surface area contributed by atoms with Crippen LogP contribution in [0.3, 0.4) is 0 Å². The van der Waals surface area contributed by atoms with E-state index in [1.807, 2.05) is 4.90 Å². The SMILES string of the molecule is CCOC(=O)c1cc(-c2ccc(Cl)cc2Cl)n(-c2ccc(C(=O)N3CCCC3)cc2)n1. The van der Waals surface area contributed by atoms with Gasteiger partial charge >= 0.3 is 5.97 Å². The molecule has 1 aliphatic rings. The van der Waals surface area contributed by atoms with Gasteiger partial charge in [0.15, 0.2) is 5.69 Å². The molecule has 0 bridgehead atoms. The van der Waals surface area contributed by atoms with Crippen molar-refractivity contribution in [1.29, 1.82) is 0 Å². The lowest BCUT2D eigenvalue weighted by Crippen LogP contribution is -2.27. The third kappa shape index (κ3) is 4.45. The topological polar surface area (TPSA) is 64.4 Å². The normalized spacial score (nSPS) is 13.5. The lowest BCUT2D eigenvalue weighted by Gasteiger charge is -2.15. The fourth-order valence-corrected chi connectivity index (χ4v) is 4.13. The first-order valence-corrected chi connectivity index (χ1v) is 10.9. The molecule has 0 radical (unpaired) electrons. The van der Waals surface area contributed by atoms with Gasteiger partial charge in [0.25, 0.3) is 5.91 Å². The molecule has 8 heteroatoms. The number of amides is 1. The summed E-state index contributed by atoms with van der Waals surface area (Å²) in [6.45, 7) is 3.57. The molecule has 0 unspecified atom stereocenters. The Morgan fingerprint density at radius 1 is 1.03 bits per heavy atom. The fourth-order valence-electron chi connectivity index (χ4n) is 3.62. The predicted molar refractivity (Wildman–Crippen MR) is 120 cm³/mol. The van der Waals surface area contributed by atoms with Gasteiger partial charge in [0.1, 0.15) is 0 Å². The second-order valence-corrected chi connectivity index (χ2v) is 8.06. The number of ether oxygens (including phenoxy) is 1. The Morgan fingerprint density at radius 3 is 2.39 bits per heavy atom. The molecule has 1 saturated heterocycles. The highest BCUT2D eigenvalue weighted by molar-refractivity contribution is 6.36. The number of rotatable bonds is 5. The molecule has 1 aliphatic heterocycles. The molecule has 0 spiro atoms. The molecular weight excluding hydrogens is 437 g/mol. The highest BCUT2D eigenvalue weighted by atomic mass is 35.5. The largest absolute Gasteiger partial charge is 0.461 e. The molecule has 2 aromatic carbocycles. The molecule has 1 amide bonds. The summed E-state index contributed by atoms with van der Waals surface area (Å²) >= 11 is 12.5. The van der Waals surface area contributed by atoms with E-state index in [9.17, 15) is 9.59 Å². The summed E-state index contributed by atoms with van der Waals surface area (Å²) in [5.41, 5.74) is 2.76. The second kappa shape index (κ2) is 9.12. The second-order valence-electron chi connectivity index (χ2n) is 7.22. The molecule has 160 valence electrons. The molecule has 1 aromatic heterocycles. The first-order valence-electron chi connectivity index (χ1n) is 10.1. The maximum absolute atomic E-state index is 12.6. The van der Waals surface area contributed by atoms with Crippen LogP contribution in [0.15, 0.2) is 48.5 Å². The molecule has 3 aromatic rings. The van der Waals surface area contributed by atoms with E-state index in [0.29, 0.717) is 32.6 Å². The standard InChI is InChI=1S/C23H21Cl2N3O3/c1-2-31-23(30)20-14-21(18-10-7-16(24)13-19(18)25)28(26-20)17-8-5-15(6-9-17)22(29)27-11-3-4-12-27/h5-10,13-14H,2-4,11-12H2,1H3. The Hall–Kier alpha value is -2.83. The van der Waals surface area contributed by atoms with Crippen LogP contribution < -0.4 is 0 Å². The van der Waals surface area contributed by atoms with Crippen LogP contribution in [0, 0.1) is 0 Å². The van der Waals surface area contributed by atoms with E-state index >= 15 is 0 Å². The lowest BCUT2D eigenvalue weighted by atomic mass is 10.1. The van der Waals surface area contributed by atoms with E-state index in [2.05, 4.69) is 5.10 Å². The van der Waals surface area contributed by atoms with Crippen LogP contribution in [0.5, 0.6) is 0 Å². The molecule has 0 aliphatic carbocycles. The fraction of sp³-hybridized carbons (Fsp3) is 0.261. The summed E-state index contributed by atoms with van der Waals surface area (Å²) in [5.74, 6) is -0.494. The van der Waals surface area contributed by atoms with Crippen LogP contribution in [0.1, 0.15) is 40.6 Å². The molecule has 6 nitrogen and oxygen atoms in total. The Labute approximate surface area is 190 Å². The molecule has 1 fully saturated rings. The Morgan fingerprint density at radius 2 is 1.74 bits per heavy atom. The van der Waals surface area contributed by atoms with Gasteiger partial charge in [0.05, 0.1) is 23.0 Å². The quantitative estimate of drug-likeness (QED) is 0.490. The van der Waals surface area contributed by atoms with Crippen molar-refractivity contribution in [3.8, 4) is 16.9 Å². The van der Waals surface area contributed by atoms with Crippen molar-refractivity contribution in [2.24, 2.45) is 0 Å². The maximum atomic E-state index is 12.6. The van der Waals surface area contributed by atoms with Gasteiger partial charge in [-0.25, -0.2) is 9.48 Å². The predicted octanol–water partition coefficient (Wildman–Crippen LogP) is 5.26. The molecule has 31 heavy (non-hydrogen) atoms. The van der Waals surface area contributed by atoms with Crippen molar-refractivity contribution >= 4 is 35.1 Å². The van der Waals surface area contributed by atoms with Crippen molar-refractivity contribution in [2.45, 2.75) is 19.8 Å². The number of hydrogen-bond donors (Lipinski definition) is 0. The van der Waals surface area contributed by atoms with Crippen LogP contribution in [-0.4, -0.2) is 46.3 Å². The number of halogens is 2. The minimum Gasteiger partial charge on any atom is -0.461 e. The van der Waals surface area contributed by atoms with Crippen molar-refractivity contribution in [3.05, 3.63) is 69.8 Å². The molecule has 4 rings (SSSR count). The molecule has 0 N–H and O–H groups in total. The van der Waals surface area contributed by atoms with Gasteiger partial charge in [-0.15, -0.1) is 0 Å². The number of likely N-dealkylation sites (tertiary alicyclic amines) is 1. The van der Waals surface area contributed by atoms with Crippen LogP contribution in [-0.2, 0) is 4.74 Å². The summed E-state index contributed by atoms with van der Waals surface area (Å²) in [5, 5.41) is 5.39. The first-order chi connectivity index (χ1) is 15.0. The van der Waals surface area contributed by atoms with Crippen LogP contribution in [0.25, 0.3) is 16.9 Å². The number of carbonyl (C=O) groups excluding carboxylic acids is 2. The number of hydrogen-bond acceptors (Lipinski definition) is 4. The zero-order valence-corrected chi connectivity index (χ0v) is 18.5. The van der Waals surface area contributed by atoms with Crippen LogP contribution >= 0.6 is 23.2 Å². The number of benzene rings is 2. The number of aromatic nitrogens is 2. The minimum atomic E-state index is -0.520. The molecular formula is C23H21Cl2N3O3. The first kappa shape index (κ1) is 21.4. The zero-order valence-electron chi connectivity index (χ0n) is 17.0. The highest BCUT2D eigenvalue weighted by Gasteiger charge is 2.21. The van der Waals surface area contributed by atoms with Crippen LogP contribution in [0.2, 0.25) is 10.0 Å². The zero-order chi connectivity index (χ0) is 22.0. The minimum absolute atomic E-state index is 0.0256. The lowest BCUT2D eigenvalue weighted by molar-refractivity contribution is 0.0518. The van der Waals surface area contributed by atoms with Gasteiger partial charge in [-0.3, -0.25) is 4.79 Å². The van der Waals surface area contributed by atoms with Gasteiger partial charge in [-0.05, 0) is 68.3 Å². The van der Waals surface area contributed by atoms with Gasteiger partial charge in [0.2, 0.25) is 0 Å². The monoisotopic (exact) mass is 457 g/mol. The number of carbonyl (C=O) groups is 2. The van der Waals surface area contributed by atoms with E-state index in [1.165, 1.54) is 0 Å². The Bertz CT molecular complexity index is 1120. The van der Waals surface area contributed by atoms with Crippen molar-refractivity contribution in [2.75, 3.05) is 19.7 Å². The summed E-state index contributed by atoms with van der Waals surface area (Å²) in [6, 6.07) is 13.9. The number of nitrogens with zero attached hydrogens (tertiary/aromatic N) is 3.